The number of rotatable bonds is 4. The van der Waals surface area contributed by atoms with Gasteiger partial charge in [0.2, 0.25) is 0 Å². The minimum Gasteiger partial charge on any atom is -0.368 e. The quantitative estimate of drug-likeness (QED) is 0.627. The molecule has 1 unspecified atom stereocenters. The Hall–Kier alpha value is -2.71. The van der Waals surface area contributed by atoms with Crippen molar-refractivity contribution in [3.63, 3.8) is 0 Å². The summed E-state index contributed by atoms with van der Waals surface area (Å²) in [7, 11) is 0. The fourth-order valence-corrected chi connectivity index (χ4v) is 5.30. The van der Waals surface area contributed by atoms with E-state index in [9.17, 15) is 9.59 Å². The molecule has 0 bridgehead atoms. The number of aryl methyl sites for hydroxylation is 1. The largest absolute Gasteiger partial charge is 0.368 e. The highest BCUT2D eigenvalue weighted by Gasteiger charge is 2.32. The average molecular weight is 439 g/mol. The molecular weight excluding hydrogens is 412 g/mol. The number of para-hydroxylation sites is 1. The number of aromatic nitrogens is 2. The van der Waals surface area contributed by atoms with E-state index in [0.29, 0.717) is 38.5 Å². The molecule has 0 spiro atoms. The second kappa shape index (κ2) is 8.43. The van der Waals surface area contributed by atoms with Crippen LogP contribution in [0.3, 0.4) is 0 Å². The zero-order chi connectivity index (χ0) is 21.4. The van der Waals surface area contributed by atoms with Crippen molar-refractivity contribution in [2.24, 2.45) is 0 Å². The standard InChI is InChI=1S/C23H26N4O3S/c1-2-27-18-7-4-3-6-16(18)14-19(27)21-24-17(15-31-21)22(28)25-9-11-26(12-10-25)23(29)20-8-5-13-30-20/h3-4,6-7,14-15,20H,2,5,8-13H2,1H3. The molecule has 1 aromatic carbocycles. The fraction of sp³-hybridized carbons (Fsp3) is 0.435. The highest BCUT2D eigenvalue weighted by Crippen LogP contribution is 2.31. The molecule has 162 valence electrons. The summed E-state index contributed by atoms with van der Waals surface area (Å²) in [6.07, 6.45) is 1.44. The van der Waals surface area contributed by atoms with Crippen molar-refractivity contribution in [3.8, 4) is 10.7 Å². The number of carbonyl (C=O) groups excluding carboxylic acids is 2. The Balaban J connectivity index is 1.28. The molecule has 8 heteroatoms. The molecule has 5 rings (SSSR count). The second-order valence-electron chi connectivity index (χ2n) is 7.99. The van der Waals surface area contributed by atoms with Crippen molar-refractivity contribution in [1.82, 2.24) is 19.4 Å². The number of benzene rings is 1. The van der Waals surface area contributed by atoms with E-state index in [4.69, 9.17) is 4.74 Å². The summed E-state index contributed by atoms with van der Waals surface area (Å²) in [6.45, 7) is 5.77. The molecule has 2 fully saturated rings. The average Bonchev–Trinajstić information content (AvgIpc) is 3.57. The first-order valence-electron chi connectivity index (χ1n) is 10.9. The predicted molar refractivity (Wildman–Crippen MR) is 120 cm³/mol. The first kappa shape index (κ1) is 20.2. The van der Waals surface area contributed by atoms with Gasteiger partial charge in [-0.05, 0) is 31.9 Å². The van der Waals surface area contributed by atoms with Crippen molar-refractivity contribution in [1.29, 1.82) is 0 Å². The molecule has 7 nitrogen and oxygen atoms in total. The Morgan fingerprint density at radius 1 is 1.16 bits per heavy atom. The number of carbonyl (C=O) groups is 2. The van der Waals surface area contributed by atoms with E-state index in [1.165, 1.54) is 22.2 Å². The van der Waals surface area contributed by atoms with Gasteiger partial charge in [0, 0.05) is 55.6 Å². The minimum absolute atomic E-state index is 0.0629. The van der Waals surface area contributed by atoms with Crippen LogP contribution < -0.4 is 0 Å². The Morgan fingerprint density at radius 2 is 1.94 bits per heavy atom. The van der Waals surface area contributed by atoms with Gasteiger partial charge in [-0.25, -0.2) is 4.98 Å². The molecular formula is C23H26N4O3S. The molecule has 2 saturated heterocycles. The highest BCUT2D eigenvalue weighted by molar-refractivity contribution is 7.13. The van der Waals surface area contributed by atoms with Crippen LogP contribution in [0.15, 0.2) is 35.7 Å². The molecule has 31 heavy (non-hydrogen) atoms. The molecule has 4 heterocycles. The first-order valence-corrected chi connectivity index (χ1v) is 11.8. The van der Waals surface area contributed by atoms with Gasteiger partial charge in [0.25, 0.3) is 11.8 Å². The summed E-state index contributed by atoms with van der Waals surface area (Å²) in [5.74, 6) is -0.00110. The number of fused-ring (bicyclic) bond motifs is 1. The summed E-state index contributed by atoms with van der Waals surface area (Å²) in [6, 6.07) is 10.4. The predicted octanol–water partition coefficient (Wildman–Crippen LogP) is 3.25. The lowest BCUT2D eigenvalue weighted by Crippen LogP contribution is -2.52. The lowest BCUT2D eigenvalue weighted by molar-refractivity contribution is -0.142. The number of piperazine rings is 1. The van der Waals surface area contributed by atoms with Gasteiger partial charge in [0.1, 0.15) is 16.8 Å². The SMILES string of the molecule is CCn1c(-c2nc(C(=O)N3CCN(C(=O)C4CCCO4)CC3)cs2)cc2ccccc21. The van der Waals surface area contributed by atoms with E-state index in [2.05, 4.69) is 34.7 Å². The molecule has 3 aromatic rings. The molecule has 2 amide bonds. The van der Waals surface area contributed by atoms with Gasteiger partial charge >= 0.3 is 0 Å². The van der Waals surface area contributed by atoms with Crippen molar-refractivity contribution in [2.45, 2.75) is 32.4 Å². The Kier molecular flexibility index (Phi) is 5.50. The van der Waals surface area contributed by atoms with Gasteiger partial charge in [0.05, 0.1) is 5.69 Å². The van der Waals surface area contributed by atoms with Crippen molar-refractivity contribution >= 4 is 34.1 Å². The third-order valence-electron chi connectivity index (χ3n) is 6.15. The number of amides is 2. The Bertz CT molecular complexity index is 1110. The maximum absolute atomic E-state index is 13.0. The molecule has 0 saturated carbocycles. The first-order chi connectivity index (χ1) is 15.2. The normalized spacial score (nSPS) is 19.3. The lowest BCUT2D eigenvalue weighted by Gasteiger charge is -2.35. The third-order valence-corrected chi connectivity index (χ3v) is 7.02. The van der Waals surface area contributed by atoms with Crippen LogP contribution in [-0.4, -0.2) is 70.1 Å². The van der Waals surface area contributed by atoms with E-state index in [1.54, 1.807) is 4.90 Å². The van der Waals surface area contributed by atoms with E-state index in [-0.39, 0.29) is 17.9 Å². The van der Waals surface area contributed by atoms with E-state index in [0.717, 1.165) is 30.1 Å². The molecule has 0 radical (unpaired) electrons. The lowest BCUT2D eigenvalue weighted by atomic mass is 10.2. The highest BCUT2D eigenvalue weighted by atomic mass is 32.1. The van der Waals surface area contributed by atoms with Crippen molar-refractivity contribution in [3.05, 3.63) is 41.4 Å². The molecule has 0 aliphatic carbocycles. The number of nitrogens with zero attached hydrogens (tertiary/aromatic N) is 4. The van der Waals surface area contributed by atoms with Crippen LogP contribution in [0.1, 0.15) is 30.3 Å². The van der Waals surface area contributed by atoms with Gasteiger partial charge in [0.15, 0.2) is 0 Å². The van der Waals surface area contributed by atoms with Crippen LogP contribution in [0.2, 0.25) is 0 Å². The van der Waals surface area contributed by atoms with Gasteiger partial charge in [-0.3, -0.25) is 9.59 Å². The molecule has 2 aliphatic heterocycles. The topological polar surface area (TPSA) is 67.7 Å². The van der Waals surface area contributed by atoms with Crippen molar-refractivity contribution in [2.75, 3.05) is 32.8 Å². The van der Waals surface area contributed by atoms with Crippen LogP contribution in [-0.2, 0) is 16.1 Å². The Labute approximate surface area is 185 Å². The third kappa shape index (κ3) is 3.74. The van der Waals surface area contributed by atoms with Crippen LogP contribution in [0, 0.1) is 0 Å². The number of thiazole rings is 1. The molecule has 0 N–H and O–H groups in total. The van der Waals surface area contributed by atoms with Gasteiger partial charge in [-0.15, -0.1) is 11.3 Å². The maximum Gasteiger partial charge on any atom is 0.273 e. The van der Waals surface area contributed by atoms with Crippen LogP contribution in [0.25, 0.3) is 21.6 Å². The zero-order valence-electron chi connectivity index (χ0n) is 17.6. The maximum atomic E-state index is 13.0. The monoisotopic (exact) mass is 438 g/mol. The van der Waals surface area contributed by atoms with E-state index >= 15 is 0 Å². The number of hydrogen-bond acceptors (Lipinski definition) is 5. The van der Waals surface area contributed by atoms with E-state index in [1.807, 2.05) is 22.4 Å². The summed E-state index contributed by atoms with van der Waals surface area (Å²) in [5, 5.41) is 3.88. The van der Waals surface area contributed by atoms with Gasteiger partial charge in [-0.2, -0.15) is 0 Å². The number of ether oxygens (including phenoxy) is 1. The fourth-order valence-electron chi connectivity index (χ4n) is 4.49. The van der Waals surface area contributed by atoms with Crippen LogP contribution >= 0.6 is 11.3 Å². The number of hydrogen-bond donors (Lipinski definition) is 0. The molecule has 2 aliphatic rings. The summed E-state index contributed by atoms with van der Waals surface area (Å²) in [4.78, 5) is 33.9. The minimum atomic E-state index is -0.298. The van der Waals surface area contributed by atoms with E-state index < -0.39 is 0 Å². The zero-order valence-corrected chi connectivity index (χ0v) is 18.4. The summed E-state index contributed by atoms with van der Waals surface area (Å²) in [5.41, 5.74) is 2.70. The second-order valence-corrected chi connectivity index (χ2v) is 8.85. The Morgan fingerprint density at radius 3 is 2.68 bits per heavy atom. The van der Waals surface area contributed by atoms with Crippen LogP contribution in [0.4, 0.5) is 0 Å². The van der Waals surface area contributed by atoms with Crippen molar-refractivity contribution < 1.29 is 14.3 Å². The molecule has 1 atom stereocenters. The summed E-state index contributed by atoms with van der Waals surface area (Å²) >= 11 is 1.50. The molecule has 2 aromatic heterocycles. The van der Waals surface area contributed by atoms with Gasteiger partial charge < -0.3 is 19.1 Å². The summed E-state index contributed by atoms with van der Waals surface area (Å²) < 4.78 is 7.75. The smallest absolute Gasteiger partial charge is 0.273 e. The van der Waals surface area contributed by atoms with Crippen LogP contribution in [0.5, 0.6) is 0 Å². The van der Waals surface area contributed by atoms with Gasteiger partial charge in [-0.1, -0.05) is 18.2 Å².